The molecule has 11 heteroatoms. The Labute approximate surface area is 205 Å². The maximum atomic E-state index is 13.4. The predicted molar refractivity (Wildman–Crippen MR) is 128 cm³/mol. The molecule has 0 saturated heterocycles. The van der Waals surface area contributed by atoms with E-state index in [4.69, 9.17) is 10.5 Å². The summed E-state index contributed by atoms with van der Waals surface area (Å²) in [6.45, 7) is 4.95. The van der Waals surface area contributed by atoms with Crippen molar-refractivity contribution in [2.75, 3.05) is 4.90 Å². The second-order valence-corrected chi connectivity index (χ2v) is 9.07. The summed E-state index contributed by atoms with van der Waals surface area (Å²) in [4.78, 5) is 41.2. The van der Waals surface area contributed by atoms with Crippen LogP contribution in [0.25, 0.3) is 10.8 Å². The molecule has 0 saturated carbocycles. The first-order valence-corrected chi connectivity index (χ1v) is 11.0. The molecule has 0 spiro atoms. The van der Waals surface area contributed by atoms with Crippen molar-refractivity contribution in [3.8, 4) is 0 Å². The topological polar surface area (TPSA) is 135 Å². The summed E-state index contributed by atoms with van der Waals surface area (Å²) >= 11 is 0. The van der Waals surface area contributed by atoms with E-state index in [0.717, 1.165) is 12.1 Å². The molecule has 3 amide bonds. The Hall–Kier alpha value is -4.12. The predicted octanol–water partition coefficient (Wildman–Crippen LogP) is 4.12. The number of nitrogens with zero attached hydrogens (tertiary/aromatic N) is 2. The number of aromatic nitrogens is 1. The number of amides is 3. The summed E-state index contributed by atoms with van der Waals surface area (Å²) in [5.74, 6) is -2.60. The highest BCUT2D eigenvalue weighted by Gasteiger charge is 2.30. The third-order valence-corrected chi connectivity index (χ3v) is 5.03. The number of carbonyl (C=O) groups is 3. The van der Waals surface area contributed by atoms with Gasteiger partial charge in [0.15, 0.2) is 17.5 Å². The van der Waals surface area contributed by atoms with E-state index in [1.54, 1.807) is 45.0 Å². The molecular formula is C25H26F2N4O5. The molecule has 3 aromatic rings. The van der Waals surface area contributed by atoms with E-state index >= 15 is 0 Å². The molecule has 3 rings (SSSR count). The Kier molecular flexibility index (Phi) is 7.83. The lowest BCUT2D eigenvalue weighted by Crippen LogP contribution is -2.41. The first kappa shape index (κ1) is 26.5. The first-order chi connectivity index (χ1) is 16.9. The van der Waals surface area contributed by atoms with E-state index in [1.165, 1.54) is 12.3 Å². The Morgan fingerprint density at radius 3 is 2.42 bits per heavy atom. The zero-order valence-corrected chi connectivity index (χ0v) is 19.9. The fraction of sp³-hybridized carbons (Fsp3) is 0.280. The molecule has 0 radical (unpaired) electrons. The lowest BCUT2D eigenvalue weighted by Gasteiger charge is -2.24. The van der Waals surface area contributed by atoms with Crippen molar-refractivity contribution in [3.63, 3.8) is 0 Å². The van der Waals surface area contributed by atoms with Crippen molar-refractivity contribution >= 4 is 34.7 Å². The van der Waals surface area contributed by atoms with E-state index in [1.807, 2.05) is 0 Å². The molecule has 4 N–H and O–H groups in total. The number of pyridine rings is 1. The van der Waals surface area contributed by atoms with Crippen molar-refractivity contribution in [2.24, 2.45) is 5.73 Å². The number of nitrogens with one attached hydrogen (secondary N) is 1. The molecule has 1 unspecified atom stereocenters. The summed E-state index contributed by atoms with van der Waals surface area (Å²) in [6.07, 6.45) is -1.25. The lowest BCUT2D eigenvalue weighted by atomic mass is 10.1. The van der Waals surface area contributed by atoms with E-state index < -0.39 is 41.4 Å². The summed E-state index contributed by atoms with van der Waals surface area (Å²) in [5, 5.41) is 13.3. The van der Waals surface area contributed by atoms with Gasteiger partial charge in [0.25, 0.3) is 0 Å². The molecule has 0 bridgehead atoms. The number of benzene rings is 2. The SMILES string of the molecule is CC(C)(C)OC(=O)N(C(=O)O)c1nccc2cc(CNC(=O)C(N)Cc3ccc(F)c(F)c3)ccc12. The van der Waals surface area contributed by atoms with Crippen LogP contribution in [0.4, 0.5) is 24.2 Å². The van der Waals surface area contributed by atoms with Gasteiger partial charge in [-0.05, 0) is 68.0 Å². The number of ether oxygens (including phenoxy) is 1. The number of anilines is 1. The van der Waals surface area contributed by atoms with Gasteiger partial charge in [-0.25, -0.2) is 23.4 Å². The molecule has 9 nitrogen and oxygen atoms in total. The van der Waals surface area contributed by atoms with Crippen molar-refractivity contribution in [1.29, 1.82) is 0 Å². The monoisotopic (exact) mass is 500 g/mol. The number of rotatable bonds is 6. The molecule has 0 aliphatic carbocycles. The molecule has 1 aromatic heterocycles. The van der Waals surface area contributed by atoms with Gasteiger partial charge in [-0.3, -0.25) is 4.79 Å². The van der Waals surface area contributed by atoms with Crippen LogP contribution in [-0.4, -0.2) is 39.8 Å². The zero-order valence-electron chi connectivity index (χ0n) is 19.9. The van der Waals surface area contributed by atoms with Crippen molar-refractivity contribution in [2.45, 2.75) is 45.4 Å². The summed E-state index contributed by atoms with van der Waals surface area (Å²) in [7, 11) is 0. The van der Waals surface area contributed by atoms with Gasteiger partial charge in [-0.1, -0.05) is 18.2 Å². The highest BCUT2D eigenvalue weighted by atomic mass is 19.2. The second kappa shape index (κ2) is 10.6. The average Bonchev–Trinajstić information content (AvgIpc) is 2.78. The van der Waals surface area contributed by atoms with E-state index in [2.05, 4.69) is 10.3 Å². The first-order valence-electron chi connectivity index (χ1n) is 11.0. The normalized spacial score (nSPS) is 12.2. The molecule has 2 aromatic carbocycles. The number of fused-ring (bicyclic) bond motifs is 1. The average molecular weight is 501 g/mol. The van der Waals surface area contributed by atoms with Crippen LogP contribution in [-0.2, 0) is 22.5 Å². The van der Waals surface area contributed by atoms with Crippen LogP contribution in [0.15, 0.2) is 48.7 Å². The minimum absolute atomic E-state index is 0.0193. The standard InChI is InChI=1S/C25H26F2N4O5/c1-25(2,3)36-24(35)31(23(33)34)21-17-6-4-15(10-16(17)8-9-29-21)13-30-22(32)20(28)12-14-5-7-18(26)19(27)11-14/h4-11,20H,12-13,28H2,1-3H3,(H,30,32)(H,33,34). The van der Waals surface area contributed by atoms with Gasteiger partial charge in [0.05, 0.1) is 6.04 Å². The third-order valence-electron chi connectivity index (χ3n) is 5.03. The van der Waals surface area contributed by atoms with E-state index in [9.17, 15) is 28.3 Å². The fourth-order valence-electron chi connectivity index (χ4n) is 3.40. The molecule has 1 heterocycles. The number of nitrogens with two attached hydrogens (primary N) is 1. The zero-order chi connectivity index (χ0) is 26.6. The van der Waals surface area contributed by atoms with Crippen LogP contribution in [0.5, 0.6) is 0 Å². The Morgan fingerprint density at radius 1 is 1.08 bits per heavy atom. The number of carboxylic acid groups (broad SMARTS) is 1. The maximum absolute atomic E-state index is 13.4. The Balaban J connectivity index is 1.74. The van der Waals surface area contributed by atoms with Gasteiger partial charge in [0.1, 0.15) is 5.60 Å². The van der Waals surface area contributed by atoms with Crippen LogP contribution < -0.4 is 16.0 Å². The van der Waals surface area contributed by atoms with Gasteiger partial charge in [0.2, 0.25) is 5.91 Å². The Morgan fingerprint density at radius 2 is 1.78 bits per heavy atom. The number of hydrogen-bond acceptors (Lipinski definition) is 6. The van der Waals surface area contributed by atoms with Crippen molar-refractivity contribution in [1.82, 2.24) is 10.3 Å². The second-order valence-electron chi connectivity index (χ2n) is 9.07. The largest absolute Gasteiger partial charge is 0.464 e. The lowest BCUT2D eigenvalue weighted by molar-refractivity contribution is -0.122. The van der Waals surface area contributed by atoms with Gasteiger partial charge >= 0.3 is 12.2 Å². The van der Waals surface area contributed by atoms with Gasteiger partial charge < -0.3 is 20.9 Å². The molecule has 190 valence electrons. The minimum atomic E-state index is -1.55. The molecule has 1 atom stereocenters. The highest BCUT2D eigenvalue weighted by Crippen LogP contribution is 2.27. The molecule has 0 fully saturated rings. The summed E-state index contributed by atoms with van der Waals surface area (Å²) in [6, 6.07) is 8.91. The quantitative estimate of drug-likeness (QED) is 0.463. The number of carbonyl (C=O) groups excluding carboxylic acids is 2. The fourth-order valence-corrected chi connectivity index (χ4v) is 3.40. The minimum Gasteiger partial charge on any atom is -0.464 e. The molecule has 36 heavy (non-hydrogen) atoms. The van der Waals surface area contributed by atoms with Crippen molar-refractivity contribution in [3.05, 3.63) is 71.4 Å². The van der Waals surface area contributed by atoms with Crippen LogP contribution in [0.1, 0.15) is 31.9 Å². The maximum Gasteiger partial charge on any atom is 0.425 e. The Bertz CT molecular complexity index is 1310. The van der Waals surface area contributed by atoms with Crippen LogP contribution >= 0.6 is 0 Å². The van der Waals surface area contributed by atoms with Gasteiger partial charge in [-0.2, -0.15) is 4.90 Å². The van der Waals surface area contributed by atoms with Crippen LogP contribution in [0.3, 0.4) is 0 Å². The molecule has 0 aliphatic rings. The van der Waals surface area contributed by atoms with Crippen LogP contribution in [0.2, 0.25) is 0 Å². The van der Waals surface area contributed by atoms with Gasteiger partial charge in [-0.15, -0.1) is 0 Å². The highest BCUT2D eigenvalue weighted by molar-refractivity contribution is 6.13. The van der Waals surface area contributed by atoms with Crippen molar-refractivity contribution < 1.29 is 33.0 Å². The number of hydrogen-bond donors (Lipinski definition) is 3. The molecular weight excluding hydrogens is 474 g/mol. The van der Waals surface area contributed by atoms with E-state index in [-0.39, 0.29) is 18.8 Å². The van der Waals surface area contributed by atoms with E-state index in [0.29, 0.717) is 26.8 Å². The van der Waals surface area contributed by atoms with Crippen LogP contribution in [0, 0.1) is 11.6 Å². The third kappa shape index (κ3) is 6.51. The molecule has 0 aliphatic heterocycles. The number of imide groups is 1. The number of halogens is 2. The summed E-state index contributed by atoms with van der Waals surface area (Å²) < 4.78 is 31.7. The summed E-state index contributed by atoms with van der Waals surface area (Å²) in [5.41, 5.74) is 6.05. The van der Waals surface area contributed by atoms with Gasteiger partial charge in [0, 0.05) is 18.1 Å². The smallest absolute Gasteiger partial charge is 0.425 e.